The van der Waals surface area contributed by atoms with Gasteiger partial charge in [0, 0.05) is 18.5 Å². The van der Waals surface area contributed by atoms with Crippen LogP contribution in [0.2, 0.25) is 0 Å². The van der Waals surface area contributed by atoms with Crippen LogP contribution in [0.3, 0.4) is 0 Å². The molecule has 4 nitrogen and oxygen atoms in total. The molecule has 1 N–H and O–H groups in total. The molecule has 1 amide bonds. The van der Waals surface area contributed by atoms with Crippen molar-refractivity contribution >= 4 is 28.6 Å². The molecule has 3 rings (SSSR count). The lowest BCUT2D eigenvalue weighted by atomic mass is 10.2. The summed E-state index contributed by atoms with van der Waals surface area (Å²) < 4.78 is 0. The second kappa shape index (κ2) is 6.26. The van der Waals surface area contributed by atoms with Crippen molar-refractivity contribution in [3.05, 3.63) is 40.3 Å². The Morgan fingerprint density at radius 1 is 1.33 bits per heavy atom. The molecule has 0 radical (unpaired) electrons. The van der Waals surface area contributed by atoms with Crippen LogP contribution in [0.5, 0.6) is 0 Å². The highest BCUT2D eigenvalue weighted by Gasteiger charge is 2.16. The first kappa shape index (κ1) is 14.1. The predicted molar refractivity (Wildman–Crippen MR) is 87.1 cm³/mol. The molecule has 0 saturated carbocycles. The quantitative estimate of drug-likeness (QED) is 0.943. The van der Waals surface area contributed by atoms with E-state index in [1.807, 2.05) is 30.5 Å². The molecule has 1 fully saturated rings. The predicted octanol–water partition coefficient (Wildman–Crippen LogP) is 3.23. The van der Waals surface area contributed by atoms with E-state index in [2.05, 4.69) is 21.3 Å². The molecule has 2 heterocycles. The number of carbonyl (C=O) groups is 1. The van der Waals surface area contributed by atoms with E-state index in [1.54, 1.807) is 11.3 Å². The molecule has 0 atom stereocenters. The largest absolute Gasteiger partial charge is 0.370 e. The number of hydrogen-bond donors (Lipinski definition) is 1. The summed E-state index contributed by atoms with van der Waals surface area (Å²) in [6.45, 7) is 4.09. The number of aromatic nitrogens is 1. The highest BCUT2D eigenvalue weighted by atomic mass is 32.1. The van der Waals surface area contributed by atoms with Gasteiger partial charge in [0.1, 0.15) is 0 Å². The molecule has 0 spiro atoms. The van der Waals surface area contributed by atoms with Crippen molar-refractivity contribution in [2.24, 2.45) is 0 Å². The highest BCUT2D eigenvalue weighted by molar-refractivity contribution is 7.09. The molecule has 0 aliphatic carbocycles. The van der Waals surface area contributed by atoms with Gasteiger partial charge in [-0.15, -0.1) is 11.3 Å². The van der Waals surface area contributed by atoms with Crippen LogP contribution in [0, 0.1) is 6.92 Å². The molecule has 21 heavy (non-hydrogen) atoms. The minimum atomic E-state index is -0.00746. The Hall–Kier alpha value is -1.88. The average Bonchev–Trinajstić information content (AvgIpc) is 3.11. The van der Waals surface area contributed by atoms with Gasteiger partial charge in [0.25, 0.3) is 0 Å². The third-order valence-electron chi connectivity index (χ3n) is 3.63. The Bertz CT molecular complexity index is 632. The first-order chi connectivity index (χ1) is 10.2. The maximum absolute atomic E-state index is 12.2. The van der Waals surface area contributed by atoms with Gasteiger partial charge in [0.2, 0.25) is 5.91 Å². The third kappa shape index (κ3) is 3.42. The van der Waals surface area contributed by atoms with E-state index in [4.69, 9.17) is 0 Å². The molecule has 1 aliphatic heterocycles. The molecule has 1 aromatic heterocycles. The van der Waals surface area contributed by atoms with Crippen molar-refractivity contribution in [3.63, 3.8) is 0 Å². The molecule has 1 saturated heterocycles. The first-order valence-corrected chi connectivity index (χ1v) is 8.15. The number of nitrogens with one attached hydrogen (secondary N) is 1. The third-order valence-corrected chi connectivity index (χ3v) is 4.46. The van der Waals surface area contributed by atoms with Crippen LogP contribution in [0.25, 0.3) is 0 Å². The standard InChI is InChI=1S/C16H19N3OS/c1-12-17-13(11-21-12)10-16(20)18-14-6-2-3-7-15(14)19-8-4-5-9-19/h2-3,6-7,11H,4-5,8-10H2,1H3,(H,18,20). The molecule has 2 aromatic rings. The van der Waals surface area contributed by atoms with Gasteiger partial charge in [-0.1, -0.05) is 12.1 Å². The normalized spacial score (nSPS) is 14.4. The fourth-order valence-corrected chi connectivity index (χ4v) is 3.27. The van der Waals surface area contributed by atoms with Crippen molar-refractivity contribution in [2.75, 3.05) is 23.3 Å². The summed E-state index contributed by atoms with van der Waals surface area (Å²) in [7, 11) is 0. The minimum absolute atomic E-state index is 0.00746. The molecule has 0 unspecified atom stereocenters. The van der Waals surface area contributed by atoms with Crippen LogP contribution in [0.15, 0.2) is 29.6 Å². The second-order valence-corrected chi connectivity index (χ2v) is 6.36. The summed E-state index contributed by atoms with van der Waals surface area (Å²) in [6, 6.07) is 8.03. The number of nitrogens with zero attached hydrogens (tertiary/aromatic N) is 2. The molecule has 1 aromatic carbocycles. The molecular weight excluding hydrogens is 282 g/mol. The van der Waals surface area contributed by atoms with E-state index in [0.29, 0.717) is 6.42 Å². The Balaban J connectivity index is 1.70. The van der Waals surface area contributed by atoms with Crippen LogP contribution < -0.4 is 10.2 Å². The second-order valence-electron chi connectivity index (χ2n) is 5.29. The average molecular weight is 301 g/mol. The number of amides is 1. The zero-order valence-corrected chi connectivity index (χ0v) is 12.9. The molecule has 1 aliphatic rings. The van der Waals surface area contributed by atoms with E-state index in [-0.39, 0.29) is 5.91 Å². The lowest BCUT2D eigenvalue weighted by molar-refractivity contribution is -0.115. The van der Waals surface area contributed by atoms with E-state index in [0.717, 1.165) is 35.2 Å². The lowest BCUT2D eigenvalue weighted by Crippen LogP contribution is -2.21. The molecule has 110 valence electrons. The van der Waals surface area contributed by atoms with Gasteiger partial charge >= 0.3 is 0 Å². The van der Waals surface area contributed by atoms with Crippen molar-refractivity contribution in [1.29, 1.82) is 0 Å². The Morgan fingerprint density at radius 3 is 2.81 bits per heavy atom. The van der Waals surface area contributed by atoms with E-state index in [9.17, 15) is 4.79 Å². The number of hydrogen-bond acceptors (Lipinski definition) is 4. The molecule has 0 bridgehead atoms. The SMILES string of the molecule is Cc1nc(CC(=O)Nc2ccccc2N2CCCC2)cs1. The zero-order valence-electron chi connectivity index (χ0n) is 12.1. The van der Waals surface area contributed by atoms with Gasteiger partial charge in [-0.25, -0.2) is 4.98 Å². The van der Waals surface area contributed by atoms with Gasteiger partial charge in [-0.3, -0.25) is 4.79 Å². The first-order valence-electron chi connectivity index (χ1n) is 7.27. The van der Waals surface area contributed by atoms with Crippen molar-refractivity contribution in [3.8, 4) is 0 Å². The fraction of sp³-hybridized carbons (Fsp3) is 0.375. The van der Waals surface area contributed by atoms with Gasteiger partial charge in [0.05, 0.1) is 28.5 Å². The summed E-state index contributed by atoms with van der Waals surface area (Å²) in [6.07, 6.45) is 2.78. The van der Waals surface area contributed by atoms with Crippen LogP contribution in [-0.4, -0.2) is 24.0 Å². The topological polar surface area (TPSA) is 45.2 Å². The smallest absolute Gasteiger partial charge is 0.230 e. The number of carbonyl (C=O) groups excluding carboxylic acids is 1. The van der Waals surface area contributed by atoms with Gasteiger partial charge < -0.3 is 10.2 Å². The van der Waals surface area contributed by atoms with Gasteiger partial charge in [-0.05, 0) is 31.9 Å². The monoisotopic (exact) mass is 301 g/mol. The maximum Gasteiger partial charge on any atom is 0.230 e. The highest BCUT2D eigenvalue weighted by Crippen LogP contribution is 2.28. The van der Waals surface area contributed by atoms with Crippen molar-refractivity contribution in [1.82, 2.24) is 4.98 Å². The molecule has 5 heteroatoms. The lowest BCUT2D eigenvalue weighted by Gasteiger charge is -2.21. The summed E-state index contributed by atoms with van der Waals surface area (Å²) >= 11 is 1.58. The number of aryl methyl sites for hydroxylation is 1. The summed E-state index contributed by atoms with van der Waals surface area (Å²) in [5, 5.41) is 5.97. The van der Waals surface area contributed by atoms with E-state index in [1.165, 1.54) is 12.8 Å². The molecular formula is C16H19N3OS. The Morgan fingerprint density at radius 2 is 2.10 bits per heavy atom. The van der Waals surface area contributed by atoms with Crippen LogP contribution in [0.4, 0.5) is 11.4 Å². The fourth-order valence-electron chi connectivity index (χ4n) is 2.66. The zero-order chi connectivity index (χ0) is 14.7. The number of anilines is 2. The van der Waals surface area contributed by atoms with E-state index >= 15 is 0 Å². The minimum Gasteiger partial charge on any atom is -0.370 e. The summed E-state index contributed by atoms with van der Waals surface area (Å²) in [5.74, 6) is -0.00746. The Labute approximate surface area is 128 Å². The van der Waals surface area contributed by atoms with Crippen LogP contribution in [-0.2, 0) is 11.2 Å². The Kier molecular flexibility index (Phi) is 4.20. The number of rotatable bonds is 4. The van der Waals surface area contributed by atoms with E-state index < -0.39 is 0 Å². The van der Waals surface area contributed by atoms with Crippen molar-refractivity contribution in [2.45, 2.75) is 26.2 Å². The van der Waals surface area contributed by atoms with Crippen LogP contribution >= 0.6 is 11.3 Å². The summed E-state index contributed by atoms with van der Waals surface area (Å²) in [5.41, 5.74) is 2.86. The number of benzene rings is 1. The van der Waals surface area contributed by atoms with Crippen molar-refractivity contribution < 1.29 is 4.79 Å². The van der Waals surface area contributed by atoms with Gasteiger partial charge in [0.15, 0.2) is 0 Å². The maximum atomic E-state index is 12.2. The summed E-state index contributed by atoms with van der Waals surface area (Å²) in [4.78, 5) is 18.9. The number of para-hydroxylation sites is 2. The van der Waals surface area contributed by atoms with Crippen LogP contribution in [0.1, 0.15) is 23.5 Å². The van der Waals surface area contributed by atoms with Gasteiger partial charge in [-0.2, -0.15) is 0 Å². The number of thiazole rings is 1.